The van der Waals surface area contributed by atoms with Gasteiger partial charge in [-0.2, -0.15) is 0 Å². The number of ether oxygens (including phenoxy) is 1. The zero-order chi connectivity index (χ0) is 11.7. The Morgan fingerprint density at radius 3 is 2.47 bits per heavy atom. The molecule has 88 valence electrons. The van der Waals surface area contributed by atoms with Crippen molar-refractivity contribution >= 4 is 6.21 Å². The molecule has 0 rings (SSSR count). The van der Waals surface area contributed by atoms with Gasteiger partial charge in [-0.3, -0.25) is 4.99 Å². The standard InChI is InChI=1S/C13H25NO/c1-6-12(5)8-14-13(7-2)10-15-9-11(3)4/h7-8,11-12H,6,9-10H2,1-5H3/b13-7-,14-8-. The van der Waals surface area contributed by atoms with E-state index in [1.54, 1.807) is 0 Å². The average Bonchev–Trinajstić information content (AvgIpc) is 2.22. The molecule has 0 aromatic rings. The van der Waals surface area contributed by atoms with Gasteiger partial charge >= 0.3 is 0 Å². The Morgan fingerprint density at radius 2 is 2.00 bits per heavy atom. The highest BCUT2D eigenvalue weighted by Crippen LogP contribution is 2.03. The van der Waals surface area contributed by atoms with Crippen molar-refractivity contribution in [3.05, 3.63) is 11.8 Å². The first kappa shape index (κ1) is 14.4. The summed E-state index contributed by atoms with van der Waals surface area (Å²) in [6.07, 6.45) is 5.15. The maximum absolute atomic E-state index is 5.53. The van der Waals surface area contributed by atoms with Gasteiger partial charge in [-0.1, -0.05) is 33.8 Å². The van der Waals surface area contributed by atoms with E-state index in [0.29, 0.717) is 18.4 Å². The monoisotopic (exact) mass is 211 g/mol. The molecular formula is C13H25NO. The summed E-state index contributed by atoms with van der Waals surface area (Å²) in [6, 6.07) is 0. The minimum atomic E-state index is 0.546. The Balaban J connectivity index is 3.89. The third-order valence-electron chi connectivity index (χ3n) is 2.17. The van der Waals surface area contributed by atoms with Crippen LogP contribution in [0.25, 0.3) is 0 Å². The molecule has 0 aliphatic rings. The molecule has 0 bridgehead atoms. The van der Waals surface area contributed by atoms with Crippen LogP contribution in [-0.2, 0) is 4.74 Å². The molecule has 0 amide bonds. The lowest BCUT2D eigenvalue weighted by Gasteiger charge is -2.07. The summed E-state index contributed by atoms with van der Waals surface area (Å²) in [5.41, 5.74) is 1.02. The zero-order valence-electron chi connectivity index (χ0n) is 10.8. The molecule has 2 heteroatoms. The molecule has 0 aliphatic carbocycles. The molecule has 1 atom stereocenters. The molecule has 1 unspecified atom stereocenters. The van der Waals surface area contributed by atoms with E-state index < -0.39 is 0 Å². The first-order valence-electron chi connectivity index (χ1n) is 5.87. The van der Waals surface area contributed by atoms with Gasteiger partial charge in [-0.15, -0.1) is 0 Å². The van der Waals surface area contributed by atoms with Crippen LogP contribution in [0.15, 0.2) is 16.8 Å². The average molecular weight is 211 g/mol. The van der Waals surface area contributed by atoms with Gasteiger partial charge in [0, 0.05) is 12.8 Å². The lowest BCUT2D eigenvalue weighted by Crippen LogP contribution is -2.05. The van der Waals surface area contributed by atoms with Crippen LogP contribution < -0.4 is 0 Å². The molecule has 0 aromatic heterocycles. The Labute approximate surface area is 94.4 Å². The predicted molar refractivity (Wildman–Crippen MR) is 67.4 cm³/mol. The molecule has 0 saturated heterocycles. The van der Waals surface area contributed by atoms with Crippen LogP contribution in [0.4, 0.5) is 0 Å². The summed E-state index contributed by atoms with van der Waals surface area (Å²) in [7, 11) is 0. The fraction of sp³-hybridized carbons (Fsp3) is 0.769. The van der Waals surface area contributed by atoms with Crippen LogP contribution >= 0.6 is 0 Å². The van der Waals surface area contributed by atoms with Crippen molar-refractivity contribution in [2.75, 3.05) is 13.2 Å². The summed E-state index contributed by atoms with van der Waals surface area (Å²) >= 11 is 0. The van der Waals surface area contributed by atoms with Crippen molar-refractivity contribution in [2.24, 2.45) is 16.8 Å². The van der Waals surface area contributed by atoms with Crippen LogP contribution in [0.2, 0.25) is 0 Å². The molecule has 0 spiro atoms. The summed E-state index contributed by atoms with van der Waals surface area (Å²) in [5, 5.41) is 0. The van der Waals surface area contributed by atoms with Crippen molar-refractivity contribution in [1.29, 1.82) is 0 Å². The quantitative estimate of drug-likeness (QED) is 0.589. The van der Waals surface area contributed by atoms with Crippen molar-refractivity contribution in [1.82, 2.24) is 0 Å². The molecule has 15 heavy (non-hydrogen) atoms. The maximum atomic E-state index is 5.53. The first-order chi connectivity index (χ1) is 7.10. The first-order valence-corrected chi connectivity index (χ1v) is 5.87. The molecular weight excluding hydrogens is 186 g/mol. The van der Waals surface area contributed by atoms with Gasteiger partial charge in [0.25, 0.3) is 0 Å². The van der Waals surface area contributed by atoms with Crippen molar-refractivity contribution in [2.45, 2.75) is 41.0 Å². The third kappa shape index (κ3) is 8.37. The fourth-order valence-corrected chi connectivity index (χ4v) is 0.923. The lowest BCUT2D eigenvalue weighted by atomic mass is 10.1. The second-order valence-corrected chi connectivity index (χ2v) is 4.35. The van der Waals surface area contributed by atoms with Gasteiger partial charge in [0.2, 0.25) is 0 Å². The summed E-state index contributed by atoms with van der Waals surface area (Å²) < 4.78 is 5.53. The van der Waals surface area contributed by atoms with Gasteiger partial charge in [-0.05, 0) is 25.2 Å². The predicted octanol–water partition coefficient (Wildman–Crippen LogP) is 3.68. The molecule has 0 saturated carbocycles. The van der Waals surface area contributed by atoms with E-state index in [1.165, 1.54) is 0 Å². The highest BCUT2D eigenvalue weighted by molar-refractivity contribution is 5.61. The molecule has 0 aliphatic heterocycles. The summed E-state index contributed by atoms with van der Waals surface area (Å²) in [4.78, 5) is 4.42. The Bertz CT molecular complexity index is 207. The highest BCUT2D eigenvalue weighted by atomic mass is 16.5. The van der Waals surface area contributed by atoms with Crippen molar-refractivity contribution < 1.29 is 4.74 Å². The molecule has 2 nitrogen and oxygen atoms in total. The van der Waals surface area contributed by atoms with Gasteiger partial charge in [0.1, 0.15) is 0 Å². The van der Waals surface area contributed by atoms with Crippen molar-refractivity contribution in [3.63, 3.8) is 0 Å². The van der Waals surface area contributed by atoms with Crippen LogP contribution in [0, 0.1) is 11.8 Å². The zero-order valence-corrected chi connectivity index (χ0v) is 10.8. The van der Waals surface area contributed by atoms with Gasteiger partial charge < -0.3 is 4.74 Å². The minimum absolute atomic E-state index is 0.546. The summed E-state index contributed by atoms with van der Waals surface area (Å²) in [5.74, 6) is 1.13. The van der Waals surface area contributed by atoms with Gasteiger partial charge in [0.15, 0.2) is 0 Å². The molecule has 0 heterocycles. The second-order valence-electron chi connectivity index (χ2n) is 4.35. The topological polar surface area (TPSA) is 21.6 Å². The van der Waals surface area contributed by atoms with E-state index in [-0.39, 0.29) is 0 Å². The lowest BCUT2D eigenvalue weighted by molar-refractivity contribution is 0.129. The van der Waals surface area contributed by atoms with E-state index in [9.17, 15) is 0 Å². The Kier molecular flexibility index (Phi) is 8.30. The van der Waals surface area contributed by atoms with Gasteiger partial charge in [0.05, 0.1) is 12.3 Å². The summed E-state index contributed by atoms with van der Waals surface area (Å²) in [6.45, 7) is 12.1. The van der Waals surface area contributed by atoms with Gasteiger partial charge in [-0.25, -0.2) is 0 Å². The fourth-order valence-electron chi connectivity index (χ4n) is 0.923. The Morgan fingerprint density at radius 1 is 1.33 bits per heavy atom. The van der Waals surface area contributed by atoms with E-state index in [2.05, 4.69) is 32.7 Å². The smallest absolute Gasteiger partial charge is 0.0884 e. The third-order valence-corrected chi connectivity index (χ3v) is 2.17. The van der Waals surface area contributed by atoms with E-state index in [1.807, 2.05) is 19.2 Å². The number of allylic oxidation sites excluding steroid dienone is 1. The molecule has 0 radical (unpaired) electrons. The minimum Gasteiger partial charge on any atom is -0.375 e. The highest BCUT2D eigenvalue weighted by Gasteiger charge is 1.97. The van der Waals surface area contributed by atoms with Crippen molar-refractivity contribution in [3.8, 4) is 0 Å². The number of nitrogens with zero attached hydrogens (tertiary/aromatic N) is 1. The second kappa shape index (κ2) is 8.66. The number of aliphatic imine (C=N–C) groups is 1. The SMILES string of the molecule is C/C=C(COCC(C)C)\N=C/C(C)CC. The number of rotatable bonds is 7. The van der Waals surface area contributed by atoms with E-state index >= 15 is 0 Å². The van der Waals surface area contributed by atoms with Crippen LogP contribution in [0.5, 0.6) is 0 Å². The normalized spacial score (nSPS) is 15.2. The molecule has 0 aromatic carbocycles. The van der Waals surface area contributed by atoms with Crippen LogP contribution in [-0.4, -0.2) is 19.4 Å². The van der Waals surface area contributed by atoms with E-state index in [4.69, 9.17) is 4.74 Å². The molecule has 0 N–H and O–H groups in total. The largest absolute Gasteiger partial charge is 0.375 e. The van der Waals surface area contributed by atoms with Crippen LogP contribution in [0.1, 0.15) is 41.0 Å². The van der Waals surface area contributed by atoms with Crippen LogP contribution in [0.3, 0.4) is 0 Å². The molecule has 0 fully saturated rings. The number of hydrogen-bond donors (Lipinski definition) is 0. The Hall–Kier alpha value is -0.630. The van der Waals surface area contributed by atoms with E-state index in [0.717, 1.165) is 18.7 Å². The number of hydrogen-bond acceptors (Lipinski definition) is 2. The maximum Gasteiger partial charge on any atom is 0.0884 e.